The molecule has 0 atom stereocenters. The smallest absolute Gasteiger partial charge is 0.132 e. The van der Waals surface area contributed by atoms with Crippen LogP contribution in [0.15, 0.2) is 29.2 Å². The van der Waals surface area contributed by atoms with Crippen molar-refractivity contribution >= 4 is 11.8 Å². The molecule has 0 heterocycles. The average Bonchev–Trinajstić information content (AvgIpc) is 2.34. The zero-order valence-corrected chi connectivity index (χ0v) is 12.1. The van der Waals surface area contributed by atoms with Gasteiger partial charge in [-0.1, -0.05) is 32.9 Å². The summed E-state index contributed by atoms with van der Waals surface area (Å²) in [6, 6.07) is 8.20. The van der Waals surface area contributed by atoms with E-state index in [0.29, 0.717) is 0 Å². The Balaban J connectivity index is 2.54. The van der Waals surface area contributed by atoms with Crippen molar-refractivity contribution in [1.29, 1.82) is 0 Å². The van der Waals surface area contributed by atoms with Crippen LogP contribution in [-0.4, -0.2) is 26.0 Å². The van der Waals surface area contributed by atoms with Gasteiger partial charge in [0.15, 0.2) is 0 Å². The summed E-state index contributed by atoms with van der Waals surface area (Å²) in [7, 11) is 0. The van der Waals surface area contributed by atoms with Crippen molar-refractivity contribution in [1.82, 2.24) is 5.32 Å². The fourth-order valence-corrected chi connectivity index (χ4v) is 2.07. The fraction of sp³-hybridized carbons (Fsp3) is 0.571. The zero-order chi connectivity index (χ0) is 12.7. The molecule has 0 aliphatic carbocycles. The van der Waals surface area contributed by atoms with E-state index in [4.69, 9.17) is 4.74 Å². The summed E-state index contributed by atoms with van der Waals surface area (Å²) >= 11 is 1.72. The minimum atomic E-state index is 0.154. The molecule has 0 amide bonds. The zero-order valence-electron chi connectivity index (χ0n) is 11.2. The van der Waals surface area contributed by atoms with E-state index in [9.17, 15) is 0 Å². The van der Waals surface area contributed by atoms with Crippen LogP contribution < -0.4 is 10.1 Å². The third-order valence-electron chi connectivity index (χ3n) is 2.54. The Morgan fingerprint density at radius 3 is 2.65 bits per heavy atom. The molecular weight excluding hydrogens is 230 g/mol. The predicted molar refractivity (Wildman–Crippen MR) is 76.0 cm³/mol. The summed E-state index contributed by atoms with van der Waals surface area (Å²) in [6.45, 7) is 9.28. The van der Waals surface area contributed by atoms with E-state index in [1.165, 1.54) is 4.90 Å². The Morgan fingerprint density at radius 2 is 2.00 bits per heavy atom. The molecule has 0 bridgehead atoms. The molecule has 96 valence electrons. The standard InChI is InChI=1S/C14H23NOS/c1-5-15-10-14(2,3)11-16-12-8-6-7-9-13(12)17-4/h6-9,15H,5,10-11H2,1-4H3. The SMILES string of the molecule is CCNCC(C)(C)COc1ccccc1SC. The first kappa shape index (κ1) is 14.4. The van der Waals surface area contributed by atoms with Crippen LogP contribution in [-0.2, 0) is 0 Å². The van der Waals surface area contributed by atoms with Crippen LogP contribution in [0.2, 0.25) is 0 Å². The van der Waals surface area contributed by atoms with Gasteiger partial charge in [-0.05, 0) is 24.9 Å². The molecule has 17 heavy (non-hydrogen) atoms. The number of hydrogen-bond donors (Lipinski definition) is 1. The van der Waals surface area contributed by atoms with Gasteiger partial charge < -0.3 is 10.1 Å². The molecule has 0 saturated carbocycles. The molecule has 0 radical (unpaired) electrons. The minimum Gasteiger partial charge on any atom is -0.492 e. The molecule has 1 aromatic carbocycles. The highest BCUT2D eigenvalue weighted by molar-refractivity contribution is 7.98. The third-order valence-corrected chi connectivity index (χ3v) is 3.32. The molecule has 1 N–H and O–H groups in total. The van der Waals surface area contributed by atoms with Gasteiger partial charge >= 0.3 is 0 Å². The Labute approximate surface area is 109 Å². The van der Waals surface area contributed by atoms with Crippen LogP contribution in [0.5, 0.6) is 5.75 Å². The lowest BCUT2D eigenvalue weighted by Crippen LogP contribution is -2.34. The maximum absolute atomic E-state index is 5.93. The molecule has 0 fully saturated rings. The average molecular weight is 253 g/mol. The summed E-state index contributed by atoms with van der Waals surface area (Å²) in [6.07, 6.45) is 2.08. The van der Waals surface area contributed by atoms with E-state index < -0.39 is 0 Å². The minimum absolute atomic E-state index is 0.154. The summed E-state index contributed by atoms with van der Waals surface area (Å²) in [5, 5.41) is 3.37. The molecule has 0 aliphatic heterocycles. The van der Waals surface area contributed by atoms with Crippen molar-refractivity contribution in [2.75, 3.05) is 26.0 Å². The van der Waals surface area contributed by atoms with Gasteiger partial charge in [0, 0.05) is 16.9 Å². The first-order valence-corrected chi connectivity index (χ1v) is 7.28. The van der Waals surface area contributed by atoms with E-state index in [1.807, 2.05) is 18.2 Å². The van der Waals surface area contributed by atoms with Crippen molar-refractivity contribution in [2.24, 2.45) is 5.41 Å². The van der Waals surface area contributed by atoms with E-state index in [-0.39, 0.29) is 5.41 Å². The van der Waals surface area contributed by atoms with Crippen molar-refractivity contribution in [2.45, 2.75) is 25.7 Å². The number of para-hydroxylation sites is 1. The van der Waals surface area contributed by atoms with Crippen molar-refractivity contribution in [3.05, 3.63) is 24.3 Å². The summed E-state index contributed by atoms with van der Waals surface area (Å²) in [5.74, 6) is 0.990. The van der Waals surface area contributed by atoms with Gasteiger partial charge in [0.25, 0.3) is 0 Å². The topological polar surface area (TPSA) is 21.3 Å². The number of hydrogen-bond acceptors (Lipinski definition) is 3. The van der Waals surface area contributed by atoms with Gasteiger partial charge in [0.1, 0.15) is 5.75 Å². The second-order valence-electron chi connectivity index (χ2n) is 4.88. The van der Waals surface area contributed by atoms with Crippen molar-refractivity contribution in [3.8, 4) is 5.75 Å². The predicted octanol–water partition coefficient (Wildman–Crippen LogP) is 3.42. The number of rotatable bonds is 7. The van der Waals surface area contributed by atoms with Crippen molar-refractivity contribution in [3.63, 3.8) is 0 Å². The quantitative estimate of drug-likeness (QED) is 0.752. The molecule has 1 rings (SSSR count). The van der Waals surface area contributed by atoms with Crippen LogP contribution in [0.1, 0.15) is 20.8 Å². The maximum Gasteiger partial charge on any atom is 0.132 e. The lowest BCUT2D eigenvalue weighted by Gasteiger charge is -2.25. The molecule has 0 aliphatic rings. The summed E-state index contributed by atoms with van der Waals surface area (Å²) in [5.41, 5.74) is 0.154. The first-order valence-electron chi connectivity index (χ1n) is 6.05. The second-order valence-corrected chi connectivity index (χ2v) is 5.73. The van der Waals surface area contributed by atoms with E-state index in [2.05, 4.69) is 38.4 Å². The van der Waals surface area contributed by atoms with Crippen LogP contribution in [0.25, 0.3) is 0 Å². The number of nitrogens with one attached hydrogen (secondary N) is 1. The van der Waals surface area contributed by atoms with Gasteiger partial charge in [-0.25, -0.2) is 0 Å². The van der Waals surface area contributed by atoms with Crippen LogP contribution in [0.3, 0.4) is 0 Å². The van der Waals surface area contributed by atoms with Crippen molar-refractivity contribution < 1.29 is 4.74 Å². The molecule has 3 heteroatoms. The second kappa shape index (κ2) is 6.92. The number of ether oxygens (including phenoxy) is 1. The van der Waals surface area contributed by atoms with Crippen LogP contribution in [0.4, 0.5) is 0 Å². The lowest BCUT2D eigenvalue weighted by molar-refractivity contribution is 0.174. The highest BCUT2D eigenvalue weighted by Gasteiger charge is 2.18. The van der Waals surface area contributed by atoms with Crippen LogP contribution in [0, 0.1) is 5.41 Å². The molecular formula is C14H23NOS. The van der Waals surface area contributed by atoms with Crippen LogP contribution >= 0.6 is 11.8 Å². The monoisotopic (exact) mass is 253 g/mol. The molecule has 0 spiro atoms. The van der Waals surface area contributed by atoms with E-state index in [0.717, 1.165) is 25.4 Å². The third kappa shape index (κ3) is 5.00. The molecule has 0 aromatic heterocycles. The van der Waals surface area contributed by atoms with Gasteiger partial charge in [0.2, 0.25) is 0 Å². The summed E-state index contributed by atoms with van der Waals surface area (Å²) in [4.78, 5) is 1.20. The number of benzene rings is 1. The molecule has 0 saturated heterocycles. The van der Waals surface area contributed by atoms with Gasteiger partial charge in [-0.3, -0.25) is 0 Å². The normalized spacial score (nSPS) is 11.5. The first-order chi connectivity index (χ1) is 8.09. The highest BCUT2D eigenvalue weighted by Crippen LogP contribution is 2.28. The Hall–Kier alpha value is -0.670. The lowest BCUT2D eigenvalue weighted by atomic mass is 9.95. The van der Waals surface area contributed by atoms with Gasteiger partial charge in [-0.2, -0.15) is 0 Å². The number of thioether (sulfide) groups is 1. The largest absolute Gasteiger partial charge is 0.492 e. The highest BCUT2D eigenvalue weighted by atomic mass is 32.2. The van der Waals surface area contributed by atoms with E-state index in [1.54, 1.807) is 11.8 Å². The Kier molecular flexibility index (Phi) is 5.86. The molecule has 0 unspecified atom stereocenters. The summed E-state index contributed by atoms with van der Waals surface area (Å²) < 4.78 is 5.93. The fourth-order valence-electron chi connectivity index (χ4n) is 1.53. The molecule has 2 nitrogen and oxygen atoms in total. The molecule has 1 aromatic rings. The van der Waals surface area contributed by atoms with E-state index >= 15 is 0 Å². The maximum atomic E-state index is 5.93. The Bertz CT molecular complexity index is 339. The Morgan fingerprint density at radius 1 is 1.29 bits per heavy atom. The van der Waals surface area contributed by atoms with Gasteiger partial charge in [0.05, 0.1) is 6.61 Å². The van der Waals surface area contributed by atoms with Gasteiger partial charge in [-0.15, -0.1) is 11.8 Å².